The number of esters is 3. The van der Waals surface area contributed by atoms with Crippen molar-refractivity contribution >= 4 is 17.9 Å². The molecule has 0 aromatic rings. The molecule has 312 valence electrons. The van der Waals surface area contributed by atoms with Crippen LogP contribution in [0.5, 0.6) is 0 Å². The van der Waals surface area contributed by atoms with Crippen LogP contribution in [-0.4, -0.2) is 37.2 Å². The lowest BCUT2D eigenvalue weighted by molar-refractivity contribution is -0.167. The van der Waals surface area contributed by atoms with Crippen LogP contribution in [0.25, 0.3) is 0 Å². The second-order valence-corrected chi connectivity index (χ2v) is 14.9. The smallest absolute Gasteiger partial charge is 0.306 e. The number of hydrogen-bond donors (Lipinski definition) is 0. The van der Waals surface area contributed by atoms with E-state index in [0.29, 0.717) is 19.3 Å². The normalized spacial score (nSPS) is 12.4. The van der Waals surface area contributed by atoms with Crippen molar-refractivity contribution in [2.75, 3.05) is 13.2 Å². The zero-order valence-corrected chi connectivity index (χ0v) is 35.5. The first-order chi connectivity index (χ1) is 26.5. The highest BCUT2D eigenvalue weighted by molar-refractivity contribution is 5.71. The highest BCUT2D eigenvalue weighted by atomic mass is 16.6. The van der Waals surface area contributed by atoms with Crippen LogP contribution < -0.4 is 0 Å². The van der Waals surface area contributed by atoms with Gasteiger partial charge < -0.3 is 14.2 Å². The third-order valence-corrected chi connectivity index (χ3v) is 9.60. The van der Waals surface area contributed by atoms with Gasteiger partial charge in [-0.05, 0) is 57.8 Å². The number of rotatable bonds is 40. The number of hydrogen-bond acceptors (Lipinski definition) is 6. The Kier molecular flexibility index (Phi) is 41.0. The molecule has 1 atom stereocenters. The fourth-order valence-electron chi connectivity index (χ4n) is 6.20. The van der Waals surface area contributed by atoms with Gasteiger partial charge in [0.25, 0.3) is 0 Å². The Morgan fingerprint density at radius 2 is 0.722 bits per heavy atom. The quantitative estimate of drug-likeness (QED) is 0.0268. The molecule has 0 N–H and O–H groups in total. The molecule has 0 heterocycles. The lowest BCUT2D eigenvalue weighted by Crippen LogP contribution is -2.30. The molecule has 6 heteroatoms. The Morgan fingerprint density at radius 3 is 1.13 bits per heavy atom. The van der Waals surface area contributed by atoms with Gasteiger partial charge in [-0.15, -0.1) is 0 Å². The molecule has 0 bridgehead atoms. The Labute approximate surface area is 333 Å². The van der Waals surface area contributed by atoms with Gasteiger partial charge in [-0.2, -0.15) is 0 Å². The van der Waals surface area contributed by atoms with Crippen molar-refractivity contribution in [3.63, 3.8) is 0 Å². The SMILES string of the molecule is CC/C=C\C/C=C\C/C=C\C/C=C\CCCCC(=O)OCC(COC(=O)CCCCCCCCCC)OC(=O)CCCCCCCCCCCCCCC. The van der Waals surface area contributed by atoms with Gasteiger partial charge in [0.2, 0.25) is 0 Å². The number of unbranched alkanes of at least 4 members (excludes halogenated alkanes) is 21. The molecule has 0 aromatic heterocycles. The molecule has 6 nitrogen and oxygen atoms in total. The molecular formula is C48H84O6. The van der Waals surface area contributed by atoms with Crippen molar-refractivity contribution in [3.8, 4) is 0 Å². The Morgan fingerprint density at radius 1 is 0.389 bits per heavy atom. The van der Waals surface area contributed by atoms with E-state index in [4.69, 9.17) is 14.2 Å². The van der Waals surface area contributed by atoms with E-state index in [1.165, 1.54) is 96.3 Å². The van der Waals surface area contributed by atoms with Crippen LogP contribution in [0.4, 0.5) is 0 Å². The summed E-state index contributed by atoms with van der Waals surface area (Å²) in [4.78, 5) is 37.6. The maximum absolute atomic E-state index is 12.7. The molecule has 0 aliphatic rings. The van der Waals surface area contributed by atoms with Gasteiger partial charge in [-0.3, -0.25) is 14.4 Å². The maximum atomic E-state index is 12.7. The highest BCUT2D eigenvalue weighted by Gasteiger charge is 2.19. The summed E-state index contributed by atoms with van der Waals surface area (Å²) < 4.78 is 16.6. The van der Waals surface area contributed by atoms with E-state index in [2.05, 4.69) is 69.4 Å². The van der Waals surface area contributed by atoms with Crippen molar-refractivity contribution in [2.24, 2.45) is 0 Å². The largest absolute Gasteiger partial charge is 0.462 e. The number of carbonyl (C=O) groups excluding carboxylic acids is 3. The van der Waals surface area contributed by atoms with Gasteiger partial charge in [0, 0.05) is 19.3 Å². The molecule has 0 aromatic carbocycles. The zero-order valence-electron chi connectivity index (χ0n) is 35.5. The second kappa shape index (κ2) is 43.1. The summed E-state index contributed by atoms with van der Waals surface area (Å²) in [6.07, 6.45) is 49.6. The van der Waals surface area contributed by atoms with E-state index < -0.39 is 6.10 Å². The molecule has 0 rings (SSSR count). The van der Waals surface area contributed by atoms with Gasteiger partial charge >= 0.3 is 17.9 Å². The number of carbonyl (C=O) groups is 3. The first-order valence-electron chi connectivity index (χ1n) is 22.6. The van der Waals surface area contributed by atoms with Crippen molar-refractivity contribution in [1.29, 1.82) is 0 Å². The minimum atomic E-state index is -0.782. The topological polar surface area (TPSA) is 78.9 Å². The van der Waals surface area contributed by atoms with Crippen molar-refractivity contribution < 1.29 is 28.6 Å². The van der Waals surface area contributed by atoms with Crippen molar-refractivity contribution in [2.45, 2.75) is 226 Å². The zero-order chi connectivity index (χ0) is 39.4. The third-order valence-electron chi connectivity index (χ3n) is 9.60. The Bertz CT molecular complexity index is 964. The van der Waals surface area contributed by atoms with Crippen molar-refractivity contribution in [3.05, 3.63) is 48.6 Å². The molecular weight excluding hydrogens is 673 g/mol. The summed E-state index contributed by atoms with van der Waals surface area (Å²) in [7, 11) is 0. The predicted molar refractivity (Wildman–Crippen MR) is 229 cm³/mol. The first-order valence-corrected chi connectivity index (χ1v) is 22.6. The molecule has 1 unspecified atom stereocenters. The number of allylic oxidation sites excluding steroid dienone is 8. The third kappa shape index (κ3) is 40.6. The monoisotopic (exact) mass is 757 g/mol. The fourth-order valence-corrected chi connectivity index (χ4v) is 6.20. The fraction of sp³-hybridized carbons (Fsp3) is 0.771. The molecule has 54 heavy (non-hydrogen) atoms. The summed E-state index contributed by atoms with van der Waals surface area (Å²) in [6, 6.07) is 0. The van der Waals surface area contributed by atoms with E-state index in [1.807, 2.05) is 0 Å². The second-order valence-electron chi connectivity index (χ2n) is 14.9. The van der Waals surface area contributed by atoms with Gasteiger partial charge in [0.1, 0.15) is 13.2 Å². The lowest BCUT2D eigenvalue weighted by Gasteiger charge is -2.18. The molecule has 0 aliphatic carbocycles. The molecule has 0 spiro atoms. The van der Waals surface area contributed by atoms with E-state index >= 15 is 0 Å². The summed E-state index contributed by atoms with van der Waals surface area (Å²) in [6.45, 7) is 6.45. The Balaban J connectivity index is 4.40. The van der Waals surface area contributed by atoms with Crippen LogP contribution >= 0.6 is 0 Å². The molecule has 0 amide bonds. The van der Waals surface area contributed by atoms with Gasteiger partial charge in [-0.25, -0.2) is 0 Å². The van der Waals surface area contributed by atoms with E-state index in [0.717, 1.165) is 83.5 Å². The van der Waals surface area contributed by atoms with Gasteiger partial charge in [0.05, 0.1) is 0 Å². The van der Waals surface area contributed by atoms with E-state index in [1.54, 1.807) is 0 Å². The summed E-state index contributed by atoms with van der Waals surface area (Å²) in [5.74, 6) is -0.931. The Hall–Kier alpha value is -2.63. The van der Waals surface area contributed by atoms with Crippen LogP contribution in [0.15, 0.2) is 48.6 Å². The minimum Gasteiger partial charge on any atom is -0.462 e. The minimum absolute atomic E-state index is 0.0840. The summed E-state index contributed by atoms with van der Waals surface area (Å²) >= 11 is 0. The van der Waals surface area contributed by atoms with Crippen LogP contribution in [0.1, 0.15) is 220 Å². The summed E-state index contributed by atoms with van der Waals surface area (Å²) in [5, 5.41) is 0. The highest BCUT2D eigenvalue weighted by Crippen LogP contribution is 2.14. The molecule has 0 saturated heterocycles. The predicted octanol–water partition coefficient (Wildman–Crippen LogP) is 14.4. The summed E-state index contributed by atoms with van der Waals surface area (Å²) in [5.41, 5.74) is 0. The van der Waals surface area contributed by atoms with Crippen LogP contribution in [-0.2, 0) is 28.6 Å². The van der Waals surface area contributed by atoms with Crippen molar-refractivity contribution in [1.82, 2.24) is 0 Å². The maximum Gasteiger partial charge on any atom is 0.306 e. The average molecular weight is 757 g/mol. The number of ether oxygens (including phenoxy) is 3. The van der Waals surface area contributed by atoms with Crippen LogP contribution in [0.2, 0.25) is 0 Å². The molecule has 0 fully saturated rings. The lowest BCUT2D eigenvalue weighted by atomic mass is 10.0. The van der Waals surface area contributed by atoms with Gasteiger partial charge in [0.15, 0.2) is 6.10 Å². The van der Waals surface area contributed by atoms with Crippen LogP contribution in [0.3, 0.4) is 0 Å². The first kappa shape index (κ1) is 51.4. The molecule has 0 saturated carbocycles. The van der Waals surface area contributed by atoms with E-state index in [9.17, 15) is 14.4 Å². The van der Waals surface area contributed by atoms with Crippen LogP contribution in [0, 0.1) is 0 Å². The van der Waals surface area contributed by atoms with E-state index in [-0.39, 0.29) is 31.1 Å². The van der Waals surface area contributed by atoms with Gasteiger partial charge in [-0.1, -0.05) is 191 Å². The molecule has 0 radical (unpaired) electrons. The standard InChI is InChI=1S/C48H84O6/c1-4-7-10-13-16-19-21-23-24-26-27-29-32-35-38-41-47(50)53-44-45(43-52-46(49)40-37-34-31-18-15-12-9-6-3)54-48(51)42-39-36-33-30-28-25-22-20-17-14-11-8-5-2/h7,10,16,19,23-24,27,29,45H,4-6,8-9,11-15,17-18,20-22,25-26,28,30-44H2,1-3H3/b10-7-,19-16-,24-23-,29-27-. The molecule has 0 aliphatic heterocycles. The average Bonchev–Trinajstić information content (AvgIpc) is 3.17.